The molecule has 1 aromatic carbocycles. The van der Waals surface area contributed by atoms with Crippen molar-refractivity contribution < 1.29 is 18.4 Å². The molecule has 1 atom stereocenters. The van der Waals surface area contributed by atoms with Gasteiger partial charge >= 0.3 is 6.03 Å². The maximum Gasteiger partial charge on any atom is 0.325 e. The van der Waals surface area contributed by atoms with Crippen LogP contribution in [0.3, 0.4) is 0 Å². The van der Waals surface area contributed by atoms with Crippen molar-refractivity contribution in [1.29, 1.82) is 0 Å². The lowest BCUT2D eigenvalue weighted by molar-refractivity contribution is -0.131. The molecular formula is C16H13F2N3O2. The second-order valence-electron chi connectivity index (χ2n) is 5.37. The molecular weight excluding hydrogens is 304 g/mol. The van der Waals surface area contributed by atoms with Crippen molar-refractivity contribution >= 4 is 11.9 Å². The van der Waals surface area contributed by atoms with Crippen LogP contribution in [0.5, 0.6) is 0 Å². The molecule has 0 spiro atoms. The van der Waals surface area contributed by atoms with Gasteiger partial charge in [-0.05, 0) is 25.1 Å². The molecule has 0 aliphatic carbocycles. The summed E-state index contributed by atoms with van der Waals surface area (Å²) in [6, 6.07) is 7.95. The maximum absolute atomic E-state index is 13.8. The van der Waals surface area contributed by atoms with E-state index in [0.717, 1.165) is 11.0 Å². The van der Waals surface area contributed by atoms with E-state index in [0.29, 0.717) is 5.69 Å². The lowest BCUT2D eigenvalue weighted by Gasteiger charge is -2.21. The van der Waals surface area contributed by atoms with Gasteiger partial charge < -0.3 is 5.32 Å². The highest BCUT2D eigenvalue weighted by molar-refractivity contribution is 6.06. The number of hydrogen-bond donors (Lipinski definition) is 1. The monoisotopic (exact) mass is 317 g/mol. The molecule has 2 aromatic rings. The van der Waals surface area contributed by atoms with Crippen LogP contribution in [-0.2, 0) is 16.9 Å². The predicted molar refractivity (Wildman–Crippen MR) is 77.0 cm³/mol. The molecule has 0 bridgehead atoms. The molecule has 1 aliphatic heterocycles. The topological polar surface area (TPSA) is 62.3 Å². The highest BCUT2D eigenvalue weighted by Crippen LogP contribution is 2.28. The molecule has 0 radical (unpaired) electrons. The summed E-state index contributed by atoms with van der Waals surface area (Å²) in [5.74, 6) is -2.66. The number of carbonyl (C=O) groups is 2. The first-order chi connectivity index (χ1) is 10.9. The third kappa shape index (κ3) is 2.44. The van der Waals surface area contributed by atoms with Crippen LogP contribution in [0.15, 0.2) is 42.6 Å². The smallest absolute Gasteiger partial charge is 0.318 e. The molecule has 7 heteroatoms. The van der Waals surface area contributed by atoms with Crippen molar-refractivity contribution in [3.05, 3.63) is 65.5 Å². The molecule has 118 valence electrons. The number of nitrogens with zero attached hydrogens (tertiary/aromatic N) is 2. The molecule has 1 N–H and O–H groups in total. The number of rotatable bonds is 3. The molecule has 1 aliphatic rings. The number of aromatic nitrogens is 1. The van der Waals surface area contributed by atoms with Gasteiger partial charge in [-0.25, -0.2) is 13.6 Å². The number of pyridine rings is 1. The third-order valence-corrected chi connectivity index (χ3v) is 3.81. The first-order valence-corrected chi connectivity index (χ1v) is 6.92. The van der Waals surface area contributed by atoms with Gasteiger partial charge in [-0.1, -0.05) is 18.2 Å². The van der Waals surface area contributed by atoms with Crippen LogP contribution in [0.25, 0.3) is 0 Å². The zero-order chi connectivity index (χ0) is 16.6. The second-order valence-corrected chi connectivity index (χ2v) is 5.37. The van der Waals surface area contributed by atoms with E-state index in [9.17, 15) is 18.4 Å². The van der Waals surface area contributed by atoms with Crippen molar-refractivity contribution in [2.45, 2.75) is 19.0 Å². The van der Waals surface area contributed by atoms with Gasteiger partial charge in [-0.15, -0.1) is 0 Å². The van der Waals surface area contributed by atoms with Gasteiger partial charge in [-0.3, -0.25) is 14.7 Å². The first kappa shape index (κ1) is 15.1. The fourth-order valence-corrected chi connectivity index (χ4v) is 2.51. The van der Waals surface area contributed by atoms with Crippen molar-refractivity contribution in [3.8, 4) is 0 Å². The fourth-order valence-electron chi connectivity index (χ4n) is 2.51. The van der Waals surface area contributed by atoms with E-state index in [1.807, 2.05) is 0 Å². The lowest BCUT2D eigenvalue weighted by atomic mass is 9.97. The summed E-state index contributed by atoms with van der Waals surface area (Å²) in [6.45, 7) is 1.17. The molecule has 0 unspecified atom stereocenters. The Morgan fingerprint density at radius 3 is 2.65 bits per heavy atom. The van der Waals surface area contributed by atoms with Gasteiger partial charge in [0.15, 0.2) is 17.2 Å². The Morgan fingerprint density at radius 1 is 1.17 bits per heavy atom. The van der Waals surface area contributed by atoms with Gasteiger partial charge in [-0.2, -0.15) is 0 Å². The van der Waals surface area contributed by atoms with E-state index in [1.165, 1.54) is 25.3 Å². The fraction of sp³-hybridized carbons (Fsp3) is 0.188. The molecule has 0 saturated carbocycles. The number of urea groups is 1. The standard InChI is InChI=1S/C16H13F2N3O2/c1-16(12-7-2-3-8-19-12)14(22)21(15(23)20-16)9-10-5-4-6-11(17)13(10)18/h2-8H,9H2,1H3,(H,20,23)/t16-/m1/s1. The second kappa shape index (κ2) is 5.42. The summed E-state index contributed by atoms with van der Waals surface area (Å²) in [4.78, 5) is 29.7. The van der Waals surface area contributed by atoms with Crippen molar-refractivity contribution in [2.75, 3.05) is 0 Å². The Labute approximate surface area is 130 Å². The number of nitrogens with one attached hydrogen (secondary N) is 1. The Kier molecular flexibility index (Phi) is 3.55. The Balaban J connectivity index is 1.92. The Hall–Kier alpha value is -2.83. The highest BCUT2D eigenvalue weighted by Gasteiger charge is 2.50. The first-order valence-electron chi connectivity index (χ1n) is 6.92. The Morgan fingerprint density at radius 2 is 1.96 bits per heavy atom. The quantitative estimate of drug-likeness (QED) is 0.884. The summed E-state index contributed by atoms with van der Waals surface area (Å²) >= 11 is 0. The number of imide groups is 1. The lowest BCUT2D eigenvalue weighted by Crippen LogP contribution is -2.41. The number of amides is 3. The van der Waals surface area contributed by atoms with Gasteiger partial charge in [0.05, 0.1) is 12.2 Å². The van der Waals surface area contributed by atoms with Gasteiger partial charge in [0.2, 0.25) is 0 Å². The molecule has 1 aromatic heterocycles. The van der Waals surface area contributed by atoms with E-state index in [1.54, 1.807) is 18.2 Å². The minimum Gasteiger partial charge on any atom is -0.318 e. The number of halogens is 2. The largest absolute Gasteiger partial charge is 0.325 e. The summed E-state index contributed by atoms with van der Waals surface area (Å²) in [6.07, 6.45) is 1.51. The van der Waals surface area contributed by atoms with Gasteiger partial charge in [0.25, 0.3) is 5.91 Å². The SMILES string of the molecule is C[C@]1(c2ccccn2)NC(=O)N(Cc2cccc(F)c2F)C1=O. The molecule has 1 saturated heterocycles. The van der Waals surface area contributed by atoms with Crippen molar-refractivity contribution in [2.24, 2.45) is 0 Å². The average molecular weight is 317 g/mol. The van der Waals surface area contributed by atoms with Crippen molar-refractivity contribution in [1.82, 2.24) is 15.2 Å². The van der Waals surface area contributed by atoms with Gasteiger partial charge in [0.1, 0.15) is 0 Å². The van der Waals surface area contributed by atoms with E-state index < -0.39 is 29.1 Å². The number of benzene rings is 1. The van der Waals surface area contributed by atoms with Gasteiger partial charge in [0, 0.05) is 11.8 Å². The maximum atomic E-state index is 13.8. The summed E-state index contributed by atoms with van der Waals surface area (Å²) in [7, 11) is 0. The molecule has 23 heavy (non-hydrogen) atoms. The molecule has 5 nitrogen and oxygen atoms in total. The van der Waals surface area contributed by atoms with Crippen LogP contribution in [-0.4, -0.2) is 21.8 Å². The van der Waals surface area contributed by atoms with E-state index >= 15 is 0 Å². The minimum absolute atomic E-state index is 0.0706. The predicted octanol–water partition coefficient (Wildman–Crippen LogP) is 2.33. The normalized spacial score (nSPS) is 20.7. The van der Waals surface area contributed by atoms with Crippen LogP contribution >= 0.6 is 0 Å². The van der Waals surface area contributed by atoms with E-state index in [2.05, 4.69) is 10.3 Å². The molecule has 3 amide bonds. The average Bonchev–Trinajstić information content (AvgIpc) is 2.77. The zero-order valence-electron chi connectivity index (χ0n) is 12.2. The van der Waals surface area contributed by atoms with Crippen LogP contribution in [0.1, 0.15) is 18.2 Å². The summed E-state index contributed by atoms with van der Waals surface area (Å²) in [5, 5.41) is 2.56. The van der Waals surface area contributed by atoms with Crippen LogP contribution in [0.4, 0.5) is 13.6 Å². The Bertz CT molecular complexity index is 782. The van der Waals surface area contributed by atoms with Crippen LogP contribution in [0.2, 0.25) is 0 Å². The van der Waals surface area contributed by atoms with E-state index in [-0.39, 0.29) is 12.1 Å². The van der Waals surface area contributed by atoms with E-state index in [4.69, 9.17) is 0 Å². The zero-order valence-corrected chi connectivity index (χ0v) is 12.2. The number of hydrogen-bond acceptors (Lipinski definition) is 3. The minimum atomic E-state index is -1.33. The van der Waals surface area contributed by atoms with Crippen molar-refractivity contribution in [3.63, 3.8) is 0 Å². The summed E-state index contributed by atoms with van der Waals surface area (Å²) < 4.78 is 27.0. The number of carbonyl (C=O) groups excluding carboxylic acids is 2. The van der Waals surface area contributed by atoms with Crippen LogP contribution < -0.4 is 5.32 Å². The molecule has 3 rings (SSSR count). The third-order valence-electron chi connectivity index (χ3n) is 3.81. The summed E-state index contributed by atoms with van der Waals surface area (Å²) in [5.41, 5.74) is -1.03. The highest BCUT2D eigenvalue weighted by atomic mass is 19.2. The molecule has 2 heterocycles. The molecule has 1 fully saturated rings. The van der Waals surface area contributed by atoms with Crippen LogP contribution in [0, 0.1) is 11.6 Å².